The van der Waals surface area contributed by atoms with Crippen molar-refractivity contribution in [3.63, 3.8) is 0 Å². The number of ether oxygens (including phenoxy) is 2. The van der Waals surface area contributed by atoms with Crippen LogP contribution in [0.4, 0.5) is 0 Å². The van der Waals surface area contributed by atoms with E-state index in [4.69, 9.17) is 21.1 Å². The Hall–Kier alpha value is -2.81. The molecule has 0 radical (unpaired) electrons. The van der Waals surface area contributed by atoms with E-state index >= 15 is 0 Å². The van der Waals surface area contributed by atoms with E-state index in [-0.39, 0.29) is 0 Å². The molecule has 26 heavy (non-hydrogen) atoms. The van der Waals surface area contributed by atoms with E-state index in [1.807, 2.05) is 47.8 Å². The molecule has 3 rings (SSSR count). The molecular weight excluding hydrogens is 368 g/mol. The predicted molar refractivity (Wildman–Crippen MR) is 106 cm³/mol. The van der Waals surface area contributed by atoms with Crippen LogP contribution in [0, 0.1) is 11.3 Å². The van der Waals surface area contributed by atoms with Crippen LogP contribution in [0.3, 0.4) is 0 Å². The zero-order valence-electron chi connectivity index (χ0n) is 14.2. The fraction of sp³-hybridized carbons (Fsp3) is 0.100. The van der Waals surface area contributed by atoms with Gasteiger partial charge in [-0.05, 0) is 24.3 Å². The van der Waals surface area contributed by atoms with Crippen LogP contribution >= 0.6 is 22.9 Å². The van der Waals surface area contributed by atoms with Gasteiger partial charge in [0.2, 0.25) is 0 Å². The first-order chi connectivity index (χ1) is 12.7. The quantitative estimate of drug-likeness (QED) is 0.543. The third kappa shape index (κ3) is 3.72. The van der Waals surface area contributed by atoms with Crippen LogP contribution in [0.25, 0.3) is 22.9 Å². The summed E-state index contributed by atoms with van der Waals surface area (Å²) < 4.78 is 10.7. The van der Waals surface area contributed by atoms with Crippen LogP contribution in [0.5, 0.6) is 11.5 Å². The van der Waals surface area contributed by atoms with Crippen molar-refractivity contribution in [3.8, 4) is 28.8 Å². The highest BCUT2D eigenvalue weighted by Gasteiger charge is 2.12. The summed E-state index contributed by atoms with van der Waals surface area (Å²) in [6.07, 6.45) is 1.76. The summed E-state index contributed by atoms with van der Waals surface area (Å²) in [5, 5.41) is 12.8. The van der Waals surface area contributed by atoms with Crippen molar-refractivity contribution >= 4 is 34.6 Å². The Morgan fingerprint density at radius 2 is 1.92 bits per heavy atom. The normalized spacial score (nSPS) is 11.1. The summed E-state index contributed by atoms with van der Waals surface area (Å²) in [6, 6.07) is 15.2. The maximum absolute atomic E-state index is 9.61. The Labute approximate surface area is 160 Å². The first-order valence-electron chi connectivity index (χ1n) is 7.71. The van der Waals surface area contributed by atoms with Crippen molar-refractivity contribution in [1.29, 1.82) is 5.26 Å². The third-order valence-electron chi connectivity index (χ3n) is 3.73. The minimum atomic E-state index is 0.460. The molecule has 0 unspecified atom stereocenters. The maximum atomic E-state index is 9.61. The number of halogens is 1. The van der Waals surface area contributed by atoms with Crippen molar-refractivity contribution in [2.24, 2.45) is 0 Å². The molecule has 130 valence electrons. The van der Waals surface area contributed by atoms with E-state index in [0.717, 1.165) is 16.8 Å². The van der Waals surface area contributed by atoms with Gasteiger partial charge >= 0.3 is 0 Å². The van der Waals surface area contributed by atoms with Crippen LogP contribution in [0.2, 0.25) is 5.02 Å². The molecule has 0 aliphatic heterocycles. The van der Waals surface area contributed by atoms with Gasteiger partial charge < -0.3 is 9.47 Å². The van der Waals surface area contributed by atoms with Gasteiger partial charge in [0.1, 0.15) is 11.1 Å². The molecule has 1 heterocycles. The van der Waals surface area contributed by atoms with Crippen LogP contribution < -0.4 is 9.47 Å². The second-order valence-electron chi connectivity index (χ2n) is 5.30. The zero-order chi connectivity index (χ0) is 18.5. The Balaban J connectivity index is 1.99. The van der Waals surface area contributed by atoms with E-state index in [0.29, 0.717) is 27.1 Å². The largest absolute Gasteiger partial charge is 0.493 e. The third-order valence-corrected chi connectivity index (χ3v) is 4.86. The fourth-order valence-corrected chi connectivity index (χ4v) is 3.39. The number of para-hydroxylation sites is 1. The highest BCUT2D eigenvalue weighted by molar-refractivity contribution is 7.11. The molecule has 0 saturated heterocycles. The molecule has 1 aromatic heterocycles. The van der Waals surface area contributed by atoms with E-state index in [9.17, 15) is 5.26 Å². The van der Waals surface area contributed by atoms with Crippen LogP contribution in [-0.4, -0.2) is 19.2 Å². The van der Waals surface area contributed by atoms with Gasteiger partial charge in [-0.15, -0.1) is 11.3 Å². The van der Waals surface area contributed by atoms with Gasteiger partial charge in [0.15, 0.2) is 11.5 Å². The Morgan fingerprint density at radius 1 is 1.15 bits per heavy atom. The zero-order valence-corrected chi connectivity index (χ0v) is 15.8. The number of benzene rings is 2. The van der Waals surface area contributed by atoms with Crippen LogP contribution in [-0.2, 0) is 0 Å². The minimum Gasteiger partial charge on any atom is -0.493 e. The summed E-state index contributed by atoms with van der Waals surface area (Å²) in [6.45, 7) is 0. The topological polar surface area (TPSA) is 55.1 Å². The minimum absolute atomic E-state index is 0.460. The Morgan fingerprint density at radius 3 is 2.58 bits per heavy atom. The number of hydrogen-bond acceptors (Lipinski definition) is 5. The lowest BCUT2D eigenvalue weighted by Gasteiger charge is -2.10. The summed E-state index contributed by atoms with van der Waals surface area (Å²) in [4.78, 5) is 4.59. The SMILES string of the molecule is COc1cccc(/C=C(/C#N)c2nc(-c3ccc(Cl)cc3)cs2)c1OC. The molecule has 2 aromatic carbocycles. The van der Waals surface area contributed by atoms with Gasteiger partial charge in [-0.2, -0.15) is 5.26 Å². The average Bonchev–Trinajstić information content (AvgIpc) is 3.16. The number of thiazole rings is 1. The highest BCUT2D eigenvalue weighted by Crippen LogP contribution is 2.34. The second kappa shape index (κ2) is 8.05. The van der Waals surface area contributed by atoms with Gasteiger partial charge in [0.25, 0.3) is 0 Å². The first kappa shape index (κ1) is 18.0. The van der Waals surface area contributed by atoms with Crippen LogP contribution in [0.15, 0.2) is 47.8 Å². The van der Waals surface area contributed by atoms with E-state index in [1.165, 1.54) is 11.3 Å². The van der Waals surface area contributed by atoms with Crippen molar-refractivity contribution in [3.05, 3.63) is 63.4 Å². The molecular formula is C20H15ClN2O2S. The monoisotopic (exact) mass is 382 g/mol. The number of nitriles is 1. The first-order valence-corrected chi connectivity index (χ1v) is 8.96. The molecule has 0 saturated carbocycles. The lowest BCUT2D eigenvalue weighted by molar-refractivity contribution is 0.354. The summed E-state index contributed by atoms with van der Waals surface area (Å²) in [7, 11) is 3.15. The van der Waals surface area contributed by atoms with Gasteiger partial charge in [0.05, 0.1) is 25.5 Å². The molecule has 0 fully saturated rings. The molecule has 0 amide bonds. The second-order valence-corrected chi connectivity index (χ2v) is 6.59. The van der Waals surface area contributed by atoms with Crippen molar-refractivity contribution in [1.82, 2.24) is 4.98 Å². The molecule has 3 aromatic rings. The van der Waals surface area contributed by atoms with Gasteiger partial charge in [-0.1, -0.05) is 35.9 Å². The number of nitrogens with zero attached hydrogens (tertiary/aromatic N) is 2. The highest BCUT2D eigenvalue weighted by atomic mass is 35.5. The van der Waals surface area contributed by atoms with E-state index in [2.05, 4.69) is 11.1 Å². The van der Waals surface area contributed by atoms with Crippen molar-refractivity contribution < 1.29 is 9.47 Å². The maximum Gasteiger partial charge on any atom is 0.167 e. The molecule has 0 aliphatic rings. The smallest absolute Gasteiger partial charge is 0.167 e. The molecule has 0 bridgehead atoms. The molecule has 4 nitrogen and oxygen atoms in total. The van der Waals surface area contributed by atoms with Gasteiger partial charge in [-0.3, -0.25) is 0 Å². The summed E-state index contributed by atoms with van der Waals surface area (Å²) in [5.41, 5.74) is 2.97. The van der Waals surface area contributed by atoms with Crippen LogP contribution in [0.1, 0.15) is 10.6 Å². The number of hydrogen-bond donors (Lipinski definition) is 0. The average molecular weight is 383 g/mol. The lowest BCUT2D eigenvalue weighted by Crippen LogP contribution is -1.93. The van der Waals surface area contributed by atoms with Gasteiger partial charge in [-0.25, -0.2) is 4.98 Å². The number of allylic oxidation sites excluding steroid dienone is 1. The van der Waals surface area contributed by atoms with Gasteiger partial charge in [0, 0.05) is 21.5 Å². The van der Waals surface area contributed by atoms with E-state index in [1.54, 1.807) is 20.3 Å². The van der Waals surface area contributed by atoms with Crippen molar-refractivity contribution in [2.75, 3.05) is 14.2 Å². The van der Waals surface area contributed by atoms with Crippen molar-refractivity contribution in [2.45, 2.75) is 0 Å². The molecule has 0 atom stereocenters. The molecule has 0 aliphatic carbocycles. The molecule has 6 heteroatoms. The van der Waals surface area contributed by atoms with E-state index < -0.39 is 0 Å². The summed E-state index contributed by atoms with van der Waals surface area (Å²) >= 11 is 7.35. The Kier molecular flexibility index (Phi) is 5.57. The fourth-order valence-electron chi connectivity index (χ4n) is 2.47. The molecule has 0 spiro atoms. The Bertz CT molecular complexity index is 988. The predicted octanol–water partition coefficient (Wildman–Crippen LogP) is 5.54. The molecule has 0 N–H and O–H groups in total. The standard InChI is InChI=1S/C20H15ClN2O2S/c1-24-18-5-3-4-14(19(18)25-2)10-15(11-22)20-23-17(12-26-20)13-6-8-16(21)9-7-13/h3-10,12H,1-2H3/b15-10-. The summed E-state index contributed by atoms with van der Waals surface area (Å²) in [5.74, 6) is 1.19. The number of aromatic nitrogens is 1. The number of rotatable bonds is 5. The lowest BCUT2D eigenvalue weighted by atomic mass is 10.1. The number of methoxy groups -OCH3 is 2.